The van der Waals surface area contributed by atoms with E-state index in [4.69, 9.17) is 9.47 Å². The summed E-state index contributed by atoms with van der Waals surface area (Å²) in [4.78, 5) is 41.1. The highest BCUT2D eigenvalue weighted by Crippen LogP contribution is 2.35. The summed E-state index contributed by atoms with van der Waals surface area (Å²) in [6.45, 7) is 12.0. The Kier molecular flexibility index (Phi) is 8.96. The van der Waals surface area contributed by atoms with E-state index < -0.39 is 41.1 Å². The first-order valence-corrected chi connectivity index (χ1v) is 11.7. The fourth-order valence-electron chi connectivity index (χ4n) is 3.60. The number of ether oxygens (including phenoxy) is 2. The summed E-state index contributed by atoms with van der Waals surface area (Å²) in [7, 11) is 1.54. The number of aromatic hydroxyl groups is 1. The van der Waals surface area contributed by atoms with Crippen molar-refractivity contribution in [2.24, 2.45) is 0 Å². The zero-order valence-electron chi connectivity index (χ0n) is 22.2. The number of hydrogen-bond donors (Lipinski definition) is 3. The summed E-state index contributed by atoms with van der Waals surface area (Å²) >= 11 is 0. The second-order valence-electron chi connectivity index (χ2n) is 10.4. The van der Waals surface area contributed by atoms with Gasteiger partial charge in [0.25, 0.3) is 5.91 Å². The van der Waals surface area contributed by atoms with Crippen molar-refractivity contribution < 1.29 is 29.0 Å². The molecule has 2 rings (SSSR count). The zero-order chi connectivity index (χ0) is 27.3. The summed E-state index contributed by atoms with van der Waals surface area (Å²) in [5.74, 6) is -0.568. The predicted octanol–water partition coefficient (Wildman–Crippen LogP) is 4.62. The number of alkyl carbamates (subject to hydrolysis) is 1. The molecule has 36 heavy (non-hydrogen) atoms. The summed E-state index contributed by atoms with van der Waals surface area (Å²) in [5, 5.41) is 16.0. The number of amides is 3. The van der Waals surface area contributed by atoms with Crippen molar-refractivity contribution in [1.82, 2.24) is 10.2 Å². The first kappa shape index (κ1) is 28.5. The van der Waals surface area contributed by atoms with Gasteiger partial charge in [-0.1, -0.05) is 18.2 Å². The minimum atomic E-state index is -1.20. The Balaban J connectivity index is 2.47. The van der Waals surface area contributed by atoms with Crippen molar-refractivity contribution in [3.05, 3.63) is 54.1 Å². The van der Waals surface area contributed by atoms with Crippen LogP contribution in [0.5, 0.6) is 11.5 Å². The van der Waals surface area contributed by atoms with Gasteiger partial charge < -0.3 is 30.1 Å². The molecule has 0 radical (unpaired) electrons. The lowest BCUT2D eigenvalue weighted by Gasteiger charge is -2.42. The SMILES string of the molecule is COc1ccc(NC(=O)C(c2ccccc2O)N(C(=O)C(C)NC(=O)OC(C)(C)C)C(C)(C)C)cc1. The number of nitrogens with zero attached hydrogens (tertiary/aromatic N) is 1. The van der Waals surface area contributed by atoms with Crippen molar-refractivity contribution in [2.75, 3.05) is 12.4 Å². The molecule has 2 atom stereocenters. The highest BCUT2D eigenvalue weighted by atomic mass is 16.6. The van der Waals surface area contributed by atoms with Gasteiger partial charge in [-0.05, 0) is 78.8 Å². The van der Waals surface area contributed by atoms with Crippen molar-refractivity contribution in [1.29, 1.82) is 0 Å². The number of nitrogens with one attached hydrogen (secondary N) is 2. The lowest BCUT2D eigenvalue weighted by atomic mass is 9.95. The molecule has 3 amide bonds. The largest absolute Gasteiger partial charge is 0.508 e. The Morgan fingerprint density at radius 2 is 1.53 bits per heavy atom. The van der Waals surface area contributed by atoms with Crippen LogP contribution in [0.3, 0.4) is 0 Å². The molecule has 0 heterocycles. The monoisotopic (exact) mass is 499 g/mol. The summed E-state index contributed by atoms with van der Waals surface area (Å²) in [6, 6.07) is 10.9. The molecule has 0 aromatic heterocycles. The molecule has 0 aliphatic carbocycles. The van der Waals surface area contributed by atoms with E-state index in [2.05, 4.69) is 10.6 Å². The van der Waals surface area contributed by atoms with Gasteiger partial charge in [0.1, 0.15) is 29.2 Å². The van der Waals surface area contributed by atoms with Crippen LogP contribution in [0.2, 0.25) is 0 Å². The maximum absolute atomic E-state index is 13.7. The van der Waals surface area contributed by atoms with E-state index in [1.54, 1.807) is 91.1 Å². The minimum Gasteiger partial charge on any atom is -0.508 e. The lowest BCUT2D eigenvalue weighted by Crippen LogP contribution is -2.57. The van der Waals surface area contributed by atoms with Crippen molar-refractivity contribution >= 4 is 23.6 Å². The second kappa shape index (κ2) is 11.3. The third-order valence-corrected chi connectivity index (χ3v) is 5.16. The van der Waals surface area contributed by atoms with E-state index in [-0.39, 0.29) is 11.3 Å². The van der Waals surface area contributed by atoms with E-state index in [1.807, 2.05) is 0 Å². The van der Waals surface area contributed by atoms with Gasteiger partial charge in [-0.2, -0.15) is 0 Å². The average molecular weight is 500 g/mol. The van der Waals surface area contributed by atoms with E-state index >= 15 is 0 Å². The molecule has 0 spiro atoms. The normalized spacial score (nSPS) is 13.2. The van der Waals surface area contributed by atoms with Crippen LogP contribution < -0.4 is 15.4 Å². The van der Waals surface area contributed by atoms with Gasteiger partial charge in [0.15, 0.2) is 0 Å². The number of para-hydroxylation sites is 1. The van der Waals surface area contributed by atoms with Crippen molar-refractivity contribution in [3.8, 4) is 11.5 Å². The van der Waals surface area contributed by atoms with Crippen LogP contribution in [0.15, 0.2) is 48.5 Å². The number of carbonyl (C=O) groups is 3. The van der Waals surface area contributed by atoms with Crippen LogP contribution in [-0.4, -0.2) is 52.2 Å². The van der Waals surface area contributed by atoms with Crippen LogP contribution in [0.25, 0.3) is 0 Å². The number of anilines is 1. The molecule has 0 bridgehead atoms. The highest BCUT2D eigenvalue weighted by Gasteiger charge is 2.41. The van der Waals surface area contributed by atoms with Gasteiger partial charge in [0.05, 0.1) is 7.11 Å². The van der Waals surface area contributed by atoms with Crippen LogP contribution in [0.4, 0.5) is 10.5 Å². The number of methoxy groups -OCH3 is 1. The highest BCUT2D eigenvalue weighted by molar-refractivity contribution is 5.99. The number of rotatable bonds is 7. The van der Waals surface area contributed by atoms with Crippen LogP contribution in [-0.2, 0) is 14.3 Å². The molecule has 0 fully saturated rings. The Morgan fingerprint density at radius 3 is 2.03 bits per heavy atom. The molecule has 0 saturated heterocycles. The third-order valence-electron chi connectivity index (χ3n) is 5.16. The summed E-state index contributed by atoms with van der Waals surface area (Å²) in [5.41, 5.74) is -0.878. The molecule has 9 nitrogen and oxygen atoms in total. The Hall–Kier alpha value is -3.75. The average Bonchev–Trinajstić information content (AvgIpc) is 2.75. The predicted molar refractivity (Wildman–Crippen MR) is 138 cm³/mol. The number of phenolic OH excluding ortho intramolecular Hbond substituents is 1. The van der Waals surface area contributed by atoms with E-state index in [1.165, 1.54) is 17.9 Å². The van der Waals surface area contributed by atoms with Crippen molar-refractivity contribution in [3.63, 3.8) is 0 Å². The lowest BCUT2D eigenvalue weighted by molar-refractivity contribution is -0.146. The van der Waals surface area contributed by atoms with Gasteiger partial charge in [-0.25, -0.2) is 4.79 Å². The number of benzene rings is 2. The maximum Gasteiger partial charge on any atom is 0.408 e. The number of hydrogen-bond acceptors (Lipinski definition) is 6. The van der Waals surface area contributed by atoms with Crippen LogP contribution >= 0.6 is 0 Å². The maximum atomic E-state index is 13.7. The molecule has 9 heteroatoms. The van der Waals surface area contributed by atoms with Gasteiger partial charge in [-0.3, -0.25) is 9.59 Å². The van der Waals surface area contributed by atoms with E-state index in [9.17, 15) is 19.5 Å². The smallest absolute Gasteiger partial charge is 0.408 e. The van der Waals surface area contributed by atoms with Crippen molar-refractivity contribution in [2.45, 2.75) is 71.7 Å². The molecule has 0 aliphatic heterocycles. The Morgan fingerprint density at radius 1 is 0.944 bits per heavy atom. The molecule has 0 aliphatic rings. The van der Waals surface area contributed by atoms with Gasteiger partial charge >= 0.3 is 6.09 Å². The zero-order valence-corrected chi connectivity index (χ0v) is 22.2. The Labute approximate surface area is 212 Å². The molecule has 3 N–H and O–H groups in total. The van der Waals surface area contributed by atoms with Crippen LogP contribution in [0, 0.1) is 0 Å². The van der Waals surface area contributed by atoms with Gasteiger partial charge in [0, 0.05) is 16.8 Å². The topological polar surface area (TPSA) is 117 Å². The molecular formula is C27H37N3O6. The van der Waals surface area contributed by atoms with Gasteiger partial charge in [0.2, 0.25) is 5.91 Å². The molecule has 0 saturated carbocycles. The second-order valence-corrected chi connectivity index (χ2v) is 10.4. The van der Waals surface area contributed by atoms with Crippen LogP contribution in [0.1, 0.15) is 60.1 Å². The van der Waals surface area contributed by atoms with Gasteiger partial charge in [-0.15, -0.1) is 0 Å². The first-order valence-electron chi connectivity index (χ1n) is 11.7. The molecule has 2 unspecified atom stereocenters. The Bertz CT molecular complexity index is 1070. The molecule has 2 aromatic rings. The first-order chi connectivity index (χ1) is 16.6. The summed E-state index contributed by atoms with van der Waals surface area (Å²) in [6.07, 6.45) is -0.751. The van der Waals surface area contributed by atoms with E-state index in [0.717, 1.165) is 0 Å². The number of carbonyl (C=O) groups excluding carboxylic acids is 3. The summed E-state index contributed by atoms with van der Waals surface area (Å²) < 4.78 is 10.4. The number of phenols is 1. The van der Waals surface area contributed by atoms with E-state index in [0.29, 0.717) is 11.4 Å². The fourth-order valence-corrected chi connectivity index (χ4v) is 3.60. The molecular weight excluding hydrogens is 462 g/mol. The third kappa shape index (κ3) is 7.63. The standard InChI is InChI=1S/C27H37N3O6/c1-17(28-25(34)36-27(5,6)7)24(33)30(26(2,3)4)22(20-11-9-10-12-21(20)31)23(32)29-18-13-15-19(35-8)16-14-18/h9-17,22,31H,1-8H3,(H,28,34)(H,29,32). The molecule has 2 aromatic carbocycles. The minimum absolute atomic E-state index is 0.137. The quantitative estimate of drug-likeness (QED) is 0.512. The molecule has 196 valence electrons. The fraction of sp³-hybridized carbons (Fsp3) is 0.444.